The fourth-order valence-corrected chi connectivity index (χ4v) is 4.39. The van der Waals surface area contributed by atoms with Crippen LogP contribution in [-0.4, -0.2) is 43.0 Å². The van der Waals surface area contributed by atoms with Crippen molar-refractivity contribution in [2.45, 2.75) is 22.8 Å². The Morgan fingerprint density at radius 1 is 1.10 bits per heavy atom. The van der Waals surface area contributed by atoms with Gasteiger partial charge in [-0.25, -0.2) is 19.0 Å². The molecular weight excluding hydrogens is 415 g/mol. The van der Waals surface area contributed by atoms with Crippen LogP contribution in [0.4, 0.5) is 4.39 Å². The van der Waals surface area contributed by atoms with E-state index in [4.69, 9.17) is 10.1 Å². The zero-order valence-corrected chi connectivity index (χ0v) is 17.3. The monoisotopic (exact) mass is 434 g/mol. The summed E-state index contributed by atoms with van der Waals surface area (Å²) in [5.41, 5.74) is 3.57. The van der Waals surface area contributed by atoms with Gasteiger partial charge in [0, 0.05) is 41.9 Å². The van der Waals surface area contributed by atoms with Gasteiger partial charge in [-0.1, -0.05) is 12.1 Å². The summed E-state index contributed by atoms with van der Waals surface area (Å²) in [6, 6.07) is 12.2. The average molecular weight is 435 g/mol. The zero-order chi connectivity index (χ0) is 21.2. The number of pyridine rings is 2. The lowest BCUT2D eigenvalue weighted by Crippen LogP contribution is -2.32. The Bertz CT molecular complexity index is 1200. The Kier molecular flexibility index (Phi) is 5.46. The van der Waals surface area contributed by atoms with Crippen molar-refractivity contribution in [1.29, 1.82) is 0 Å². The third kappa shape index (κ3) is 3.95. The number of aliphatic hydroxyl groups excluding tert-OH is 1. The molecule has 4 heterocycles. The summed E-state index contributed by atoms with van der Waals surface area (Å²) in [5.74, 6) is 0.320. The normalized spacial score (nSPS) is 14.8. The van der Waals surface area contributed by atoms with Crippen molar-refractivity contribution in [3.8, 4) is 22.5 Å². The average Bonchev–Trinajstić information content (AvgIpc) is 3.23. The van der Waals surface area contributed by atoms with Crippen molar-refractivity contribution < 1.29 is 9.50 Å². The van der Waals surface area contributed by atoms with Crippen LogP contribution >= 0.6 is 11.8 Å². The molecule has 2 N–H and O–H groups in total. The van der Waals surface area contributed by atoms with Crippen LogP contribution in [0.15, 0.2) is 71.2 Å². The number of nitrogens with zero attached hydrogens (tertiary/aromatic N) is 5. The quantitative estimate of drug-likeness (QED) is 0.449. The third-order valence-electron chi connectivity index (χ3n) is 4.98. The lowest BCUT2D eigenvalue weighted by molar-refractivity contribution is 0.277. The Hall–Kier alpha value is -3.14. The predicted molar refractivity (Wildman–Crippen MR) is 115 cm³/mol. The SMILES string of the molecule is OCCCN[C@H]1c2cc(-c3ccc(F)cc3)cnc2Sc2nc(-c3cccnc3)nn21. The van der Waals surface area contributed by atoms with E-state index in [1.807, 2.05) is 22.9 Å². The number of aliphatic hydroxyl groups is 1. The van der Waals surface area contributed by atoms with Crippen LogP contribution < -0.4 is 5.32 Å². The Morgan fingerprint density at radius 3 is 2.74 bits per heavy atom. The lowest BCUT2D eigenvalue weighted by atomic mass is 10.0. The van der Waals surface area contributed by atoms with Gasteiger partial charge in [0.05, 0.1) is 0 Å². The summed E-state index contributed by atoms with van der Waals surface area (Å²) >= 11 is 1.46. The van der Waals surface area contributed by atoms with E-state index in [1.165, 1.54) is 23.9 Å². The standard InChI is InChI=1S/C22H19FN6OS/c23-17-6-4-14(5-7-17)16-11-18-20(25-9-2-10-30)29-22(31-21(18)26-13-16)27-19(28-29)15-3-1-8-24-12-15/h1,3-8,11-13,20,25,30H,2,9-10H2/t20-/m1/s1. The Labute approximate surface area is 182 Å². The number of fused-ring (bicyclic) bond motifs is 2. The highest BCUT2D eigenvalue weighted by atomic mass is 32.2. The number of benzene rings is 1. The van der Waals surface area contributed by atoms with Gasteiger partial charge in [0.15, 0.2) is 11.0 Å². The maximum atomic E-state index is 13.3. The van der Waals surface area contributed by atoms with E-state index in [0.717, 1.165) is 32.4 Å². The van der Waals surface area contributed by atoms with Gasteiger partial charge in [-0.2, -0.15) is 0 Å². The van der Waals surface area contributed by atoms with Crippen molar-refractivity contribution in [2.75, 3.05) is 13.2 Å². The summed E-state index contributed by atoms with van der Waals surface area (Å²) in [4.78, 5) is 13.5. The van der Waals surface area contributed by atoms with Gasteiger partial charge >= 0.3 is 0 Å². The third-order valence-corrected chi connectivity index (χ3v) is 5.97. The smallest absolute Gasteiger partial charge is 0.194 e. The molecule has 0 amide bonds. The van der Waals surface area contributed by atoms with Crippen molar-refractivity contribution in [2.24, 2.45) is 0 Å². The van der Waals surface area contributed by atoms with Gasteiger partial charge in [-0.15, -0.1) is 5.10 Å². The molecule has 0 saturated carbocycles. The van der Waals surface area contributed by atoms with Crippen LogP contribution in [0.1, 0.15) is 18.2 Å². The first kappa shape index (κ1) is 19.8. The van der Waals surface area contributed by atoms with Crippen LogP contribution in [0, 0.1) is 5.82 Å². The van der Waals surface area contributed by atoms with E-state index >= 15 is 0 Å². The summed E-state index contributed by atoms with van der Waals surface area (Å²) in [6.45, 7) is 0.702. The summed E-state index contributed by atoms with van der Waals surface area (Å²) in [6.07, 6.45) is 5.56. The van der Waals surface area contributed by atoms with Crippen LogP contribution in [0.25, 0.3) is 22.5 Å². The molecule has 0 radical (unpaired) electrons. The molecule has 0 fully saturated rings. The molecule has 0 spiro atoms. The first-order valence-electron chi connectivity index (χ1n) is 9.88. The van der Waals surface area contributed by atoms with E-state index in [-0.39, 0.29) is 18.6 Å². The van der Waals surface area contributed by atoms with Gasteiger partial charge in [0.1, 0.15) is 17.0 Å². The highest BCUT2D eigenvalue weighted by molar-refractivity contribution is 7.99. The van der Waals surface area contributed by atoms with Gasteiger partial charge in [0.25, 0.3) is 0 Å². The predicted octanol–water partition coefficient (Wildman–Crippen LogP) is 3.52. The largest absolute Gasteiger partial charge is 0.396 e. The second-order valence-electron chi connectivity index (χ2n) is 7.07. The van der Waals surface area contributed by atoms with Crippen LogP contribution in [0.2, 0.25) is 0 Å². The van der Waals surface area contributed by atoms with E-state index in [1.54, 1.807) is 30.7 Å². The molecule has 3 aromatic heterocycles. The Balaban J connectivity index is 1.56. The van der Waals surface area contributed by atoms with Crippen LogP contribution in [0.3, 0.4) is 0 Å². The second-order valence-corrected chi connectivity index (χ2v) is 8.02. The molecule has 0 unspecified atom stereocenters. The molecule has 0 aliphatic carbocycles. The number of hydrogen-bond acceptors (Lipinski definition) is 7. The molecular formula is C22H19FN6OS. The minimum absolute atomic E-state index is 0.0976. The highest BCUT2D eigenvalue weighted by Crippen LogP contribution is 2.40. The number of halogens is 1. The lowest BCUT2D eigenvalue weighted by Gasteiger charge is -2.26. The maximum absolute atomic E-state index is 13.3. The number of aromatic nitrogens is 5. The molecule has 0 saturated heterocycles. The van der Waals surface area contributed by atoms with E-state index < -0.39 is 0 Å². The number of rotatable bonds is 6. The van der Waals surface area contributed by atoms with Crippen molar-refractivity contribution in [3.05, 3.63) is 72.4 Å². The topological polar surface area (TPSA) is 88.8 Å². The number of nitrogens with one attached hydrogen (secondary N) is 1. The fourth-order valence-electron chi connectivity index (χ4n) is 3.45. The first-order valence-corrected chi connectivity index (χ1v) is 10.7. The summed E-state index contributed by atoms with van der Waals surface area (Å²) < 4.78 is 15.2. The van der Waals surface area contributed by atoms with Crippen molar-refractivity contribution in [1.82, 2.24) is 30.0 Å². The molecule has 156 valence electrons. The molecule has 1 aliphatic rings. The second kappa shape index (κ2) is 8.54. The molecule has 1 aliphatic heterocycles. The van der Waals surface area contributed by atoms with Gasteiger partial charge in [-0.05, 0) is 60.6 Å². The molecule has 0 bridgehead atoms. The molecule has 31 heavy (non-hydrogen) atoms. The number of hydrogen-bond donors (Lipinski definition) is 2. The van der Waals surface area contributed by atoms with E-state index in [2.05, 4.69) is 15.3 Å². The molecule has 9 heteroatoms. The highest BCUT2D eigenvalue weighted by Gasteiger charge is 2.30. The van der Waals surface area contributed by atoms with E-state index in [9.17, 15) is 9.50 Å². The Morgan fingerprint density at radius 2 is 1.97 bits per heavy atom. The minimum atomic E-state index is -0.288. The van der Waals surface area contributed by atoms with Gasteiger partial charge in [-0.3, -0.25) is 10.3 Å². The minimum Gasteiger partial charge on any atom is -0.396 e. The summed E-state index contributed by atoms with van der Waals surface area (Å²) in [5, 5.41) is 19.0. The molecule has 4 aromatic rings. The van der Waals surface area contributed by atoms with Crippen LogP contribution in [0.5, 0.6) is 0 Å². The summed E-state index contributed by atoms with van der Waals surface area (Å²) in [7, 11) is 0. The fraction of sp³-hybridized carbons (Fsp3) is 0.182. The molecule has 1 aromatic carbocycles. The van der Waals surface area contributed by atoms with Crippen molar-refractivity contribution >= 4 is 11.8 Å². The molecule has 1 atom stereocenters. The van der Waals surface area contributed by atoms with Crippen molar-refractivity contribution in [3.63, 3.8) is 0 Å². The first-order chi connectivity index (χ1) is 15.2. The van der Waals surface area contributed by atoms with Gasteiger partial charge in [0.2, 0.25) is 0 Å². The molecule has 7 nitrogen and oxygen atoms in total. The van der Waals surface area contributed by atoms with E-state index in [0.29, 0.717) is 18.8 Å². The van der Waals surface area contributed by atoms with Crippen LogP contribution in [-0.2, 0) is 0 Å². The maximum Gasteiger partial charge on any atom is 0.194 e. The molecule has 5 rings (SSSR count). The van der Waals surface area contributed by atoms with Gasteiger partial charge < -0.3 is 5.11 Å². The zero-order valence-electron chi connectivity index (χ0n) is 16.4.